The molecule has 1 aliphatic rings. The first-order chi connectivity index (χ1) is 9.56. The van der Waals surface area contributed by atoms with Crippen molar-refractivity contribution in [2.24, 2.45) is 7.05 Å². The van der Waals surface area contributed by atoms with E-state index in [-0.39, 0.29) is 5.78 Å². The van der Waals surface area contributed by atoms with Crippen LogP contribution < -0.4 is 0 Å². The molecule has 0 amide bonds. The van der Waals surface area contributed by atoms with Gasteiger partial charge in [-0.05, 0) is 19.9 Å². The SMILES string of the molecule is Cc1cc(C(=O)CN2CCn3cnnc3C2)c(C)n1C. The highest BCUT2D eigenvalue weighted by Crippen LogP contribution is 2.16. The largest absolute Gasteiger partial charge is 0.351 e. The van der Waals surface area contributed by atoms with Gasteiger partial charge in [0.2, 0.25) is 0 Å². The van der Waals surface area contributed by atoms with Gasteiger partial charge in [0.25, 0.3) is 0 Å². The van der Waals surface area contributed by atoms with Crippen LogP contribution in [0.15, 0.2) is 12.4 Å². The quantitative estimate of drug-likeness (QED) is 0.781. The van der Waals surface area contributed by atoms with Crippen LogP contribution in [0.3, 0.4) is 0 Å². The Balaban J connectivity index is 1.72. The first-order valence-corrected chi connectivity index (χ1v) is 6.81. The lowest BCUT2D eigenvalue weighted by Gasteiger charge is -2.26. The molecule has 0 atom stereocenters. The lowest BCUT2D eigenvalue weighted by atomic mass is 10.1. The summed E-state index contributed by atoms with van der Waals surface area (Å²) in [5, 5.41) is 7.98. The van der Waals surface area contributed by atoms with Crippen molar-refractivity contribution in [1.82, 2.24) is 24.2 Å². The third-order valence-electron chi connectivity index (χ3n) is 4.16. The highest BCUT2D eigenvalue weighted by atomic mass is 16.1. The zero-order valence-electron chi connectivity index (χ0n) is 12.1. The first-order valence-electron chi connectivity index (χ1n) is 6.81. The van der Waals surface area contributed by atoms with Gasteiger partial charge in [-0.1, -0.05) is 0 Å². The number of hydrogen-bond acceptors (Lipinski definition) is 4. The van der Waals surface area contributed by atoms with E-state index >= 15 is 0 Å². The number of fused-ring (bicyclic) bond motifs is 1. The highest BCUT2D eigenvalue weighted by Gasteiger charge is 2.22. The van der Waals surface area contributed by atoms with Gasteiger partial charge < -0.3 is 9.13 Å². The fourth-order valence-electron chi connectivity index (χ4n) is 2.68. The Hall–Kier alpha value is -1.95. The maximum Gasteiger partial charge on any atom is 0.178 e. The molecule has 106 valence electrons. The molecule has 3 rings (SSSR count). The van der Waals surface area contributed by atoms with Crippen molar-refractivity contribution in [3.8, 4) is 0 Å². The van der Waals surface area contributed by atoms with Crippen molar-refractivity contribution in [1.29, 1.82) is 0 Å². The number of aryl methyl sites for hydroxylation is 1. The van der Waals surface area contributed by atoms with E-state index < -0.39 is 0 Å². The second-order valence-corrected chi connectivity index (χ2v) is 5.42. The number of rotatable bonds is 3. The van der Waals surface area contributed by atoms with Crippen molar-refractivity contribution < 1.29 is 4.79 Å². The Labute approximate surface area is 118 Å². The monoisotopic (exact) mass is 273 g/mol. The maximum atomic E-state index is 12.5. The number of aromatic nitrogens is 4. The van der Waals surface area contributed by atoms with Crippen LogP contribution in [0.1, 0.15) is 27.6 Å². The molecule has 20 heavy (non-hydrogen) atoms. The topological polar surface area (TPSA) is 56.0 Å². The van der Waals surface area contributed by atoms with Gasteiger partial charge in [-0.3, -0.25) is 9.69 Å². The van der Waals surface area contributed by atoms with Crippen LogP contribution >= 0.6 is 0 Å². The molecule has 0 spiro atoms. The molecule has 0 N–H and O–H groups in total. The Bertz CT molecular complexity index is 655. The number of nitrogens with zero attached hydrogens (tertiary/aromatic N) is 5. The lowest BCUT2D eigenvalue weighted by molar-refractivity contribution is 0.0907. The average Bonchev–Trinajstić information content (AvgIpc) is 2.98. The summed E-state index contributed by atoms with van der Waals surface area (Å²) in [6, 6.07) is 1.98. The van der Waals surface area contributed by atoms with E-state index in [2.05, 4.69) is 19.7 Å². The Morgan fingerprint density at radius 2 is 2.15 bits per heavy atom. The Morgan fingerprint density at radius 3 is 2.85 bits per heavy atom. The van der Waals surface area contributed by atoms with Crippen LogP contribution in [0.2, 0.25) is 0 Å². The van der Waals surface area contributed by atoms with Gasteiger partial charge in [0.05, 0.1) is 13.1 Å². The van der Waals surface area contributed by atoms with Gasteiger partial charge in [-0.2, -0.15) is 0 Å². The van der Waals surface area contributed by atoms with Gasteiger partial charge in [0.1, 0.15) is 12.2 Å². The minimum absolute atomic E-state index is 0.180. The summed E-state index contributed by atoms with van der Waals surface area (Å²) in [7, 11) is 1.99. The summed E-state index contributed by atoms with van der Waals surface area (Å²) in [5.74, 6) is 1.11. The zero-order chi connectivity index (χ0) is 14.3. The predicted octanol–water partition coefficient (Wildman–Crippen LogP) is 0.932. The molecule has 0 saturated carbocycles. The van der Waals surface area contributed by atoms with Crippen LogP contribution in [-0.4, -0.2) is 43.1 Å². The molecule has 2 aromatic rings. The van der Waals surface area contributed by atoms with Crippen LogP contribution in [0.5, 0.6) is 0 Å². The Kier molecular flexibility index (Phi) is 3.17. The number of ketones is 1. The molecular formula is C14H19N5O. The van der Waals surface area contributed by atoms with E-state index in [1.165, 1.54) is 0 Å². The van der Waals surface area contributed by atoms with Gasteiger partial charge >= 0.3 is 0 Å². The summed E-state index contributed by atoms with van der Waals surface area (Å²) in [5.41, 5.74) is 2.98. The lowest BCUT2D eigenvalue weighted by Crippen LogP contribution is -2.37. The molecule has 0 fully saturated rings. The molecule has 0 aliphatic carbocycles. The molecule has 0 saturated heterocycles. The molecule has 3 heterocycles. The van der Waals surface area contributed by atoms with Gasteiger partial charge in [-0.25, -0.2) is 0 Å². The normalized spacial score (nSPS) is 15.3. The number of Topliss-reactive ketones (excluding diaryl/α,β-unsaturated/α-hetero) is 1. The summed E-state index contributed by atoms with van der Waals surface area (Å²) in [6.45, 7) is 6.86. The molecule has 0 unspecified atom stereocenters. The summed E-state index contributed by atoms with van der Waals surface area (Å²) >= 11 is 0. The zero-order valence-corrected chi connectivity index (χ0v) is 12.1. The molecule has 6 heteroatoms. The second kappa shape index (κ2) is 4.86. The first kappa shape index (κ1) is 13.1. The molecular weight excluding hydrogens is 254 g/mol. The number of carbonyl (C=O) groups excluding carboxylic acids is 1. The van der Waals surface area contributed by atoms with E-state index in [9.17, 15) is 4.79 Å². The van der Waals surface area contributed by atoms with Gasteiger partial charge in [0, 0.05) is 37.1 Å². The van der Waals surface area contributed by atoms with E-state index in [1.54, 1.807) is 6.33 Å². The van der Waals surface area contributed by atoms with Gasteiger partial charge in [0.15, 0.2) is 5.78 Å². The van der Waals surface area contributed by atoms with E-state index in [0.29, 0.717) is 13.1 Å². The van der Waals surface area contributed by atoms with E-state index in [0.717, 1.165) is 35.9 Å². The molecule has 0 radical (unpaired) electrons. The molecule has 2 aromatic heterocycles. The van der Waals surface area contributed by atoms with Crippen LogP contribution in [0, 0.1) is 13.8 Å². The summed E-state index contributed by atoms with van der Waals surface area (Å²) < 4.78 is 4.10. The molecule has 0 aromatic carbocycles. The smallest absolute Gasteiger partial charge is 0.178 e. The number of carbonyl (C=O) groups is 1. The summed E-state index contributed by atoms with van der Waals surface area (Å²) in [4.78, 5) is 14.6. The van der Waals surface area contributed by atoms with Crippen LogP contribution in [0.4, 0.5) is 0 Å². The number of hydrogen-bond donors (Lipinski definition) is 0. The van der Waals surface area contributed by atoms with E-state index in [1.807, 2.05) is 31.5 Å². The van der Waals surface area contributed by atoms with Crippen molar-refractivity contribution in [3.05, 3.63) is 35.2 Å². The van der Waals surface area contributed by atoms with E-state index in [4.69, 9.17) is 0 Å². The van der Waals surface area contributed by atoms with Crippen LogP contribution in [-0.2, 0) is 20.1 Å². The second-order valence-electron chi connectivity index (χ2n) is 5.42. The summed E-state index contributed by atoms with van der Waals surface area (Å²) in [6.07, 6.45) is 1.75. The minimum Gasteiger partial charge on any atom is -0.351 e. The van der Waals surface area contributed by atoms with Crippen molar-refractivity contribution in [2.75, 3.05) is 13.1 Å². The third kappa shape index (κ3) is 2.16. The van der Waals surface area contributed by atoms with Crippen molar-refractivity contribution in [2.45, 2.75) is 26.9 Å². The minimum atomic E-state index is 0.180. The van der Waals surface area contributed by atoms with Gasteiger partial charge in [-0.15, -0.1) is 10.2 Å². The van der Waals surface area contributed by atoms with Crippen molar-refractivity contribution in [3.63, 3.8) is 0 Å². The Morgan fingerprint density at radius 1 is 1.35 bits per heavy atom. The fourth-order valence-corrected chi connectivity index (χ4v) is 2.68. The molecule has 6 nitrogen and oxygen atoms in total. The van der Waals surface area contributed by atoms with Crippen molar-refractivity contribution >= 4 is 5.78 Å². The maximum absolute atomic E-state index is 12.5. The van der Waals surface area contributed by atoms with Crippen LogP contribution in [0.25, 0.3) is 0 Å². The predicted molar refractivity (Wildman–Crippen MR) is 74.5 cm³/mol. The average molecular weight is 273 g/mol. The third-order valence-corrected chi connectivity index (χ3v) is 4.16. The standard InChI is InChI=1S/C14H19N5O/c1-10-6-12(11(2)17(10)3)13(20)7-18-4-5-19-9-15-16-14(19)8-18/h6,9H,4-5,7-8H2,1-3H3. The molecule has 0 bridgehead atoms. The highest BCUT2D eigenvalue weighted by molar-refractivity contribution is 5.99. The fraction of sp³-hybridized carbons (Fsp3) is 0.500. The molecule has 1 aliphatic heterocycles.